The molecule has 0 saturated heterocycles. The predicted octanol–water partition coefficient (Wildman–Crippen LogP) is 3.79. The highest BCUT2D eigenvalue weighted by atomic mass is 32.2. The first kappa shape index (κ1) is 17.1. The van der Waals surface area contributed by atoms with Crippen molar-refractivity contribution in [3.05, 3.63) is 47.7 Å². The molecule has 3 rings (SSSR count). The Labute approximate surface area is 143 Å². The van der Waals surface area contributed by atoms with Crippen LogP contribution < -0.4 is 5.32 Å². The van der Waals surface area contributed by atoms with Gasteiger partial charge in [-0.05, 0) is 25.1 Å². The Morgan fingerprint density at radius 2 is 2.00 bits per heavy atom. The van der Waals surface area contributed by atoms with E-state index >= 15 is 0 Å². The number of hydrogen-bond donors (Lipinski definition) is 1. The maximum absolute atomic E-state index is 13.5. The lowest BCUT2D eigenvalue weighted by atomic mass is 10.3. The number of aromatic nitrogens is 2. The van der Waals surface area contributed by atoms with Crippen LogP contribution in [0.25, 0.3) is 11.5 Å². The standard InChI is InChI=1S/C15H10F3N3O3S/c1-7-8(4-5-23-7)14-20-21-15(24-14)25-6-11(22)19-10-3-2-9(16)12(17)13(10)18/h2-5H,6H2,1H3,(H,19,22). The summed E-state index contributed by atoms with van der Waals surface area (Å²) in [6.45, 7) is 1.73. The molecule has 0 atom stereocenters. The number of nitrogens with zero attached hydrogens (tertiary/aromatic N) is 2. The molecule has 0 aliphatic rings. The minimum absolute atomic E-state index is 0.122. The van der Waals surface area contributed by atoms with Gasteiger partial charge in [0.2, 0.25) is 5.91 Å². The molecule has 0 unspecified atom stereocenters. The molecule has 0 aliphatic carbocycles. The summed E-state index contributed by atoms with van der Waals surface area (Å²) in [6.07, 6.45) is 1.48. The Morgan fingerprint density at radius 3 is 2.72 bits per heavy atom. The van der Waals surface area contributed by atoms with Crippen LogP contribution in [0.5, 0.6) is 0 Å². The van der Waals surface area contributed by atoms with Crippen LogP contribution in [0.15, 0.2) is 38.5 Å². The van der Waals surface area contributed by atoms with Gasteiger partial charge in [0.25, 0.3) is 11.1 Å². The molecule has 25 heavy (non-hydrogen) atoms. The first-order chi connectivity index (χ1) is 12.0. The average molecular weight is 369 g/mol. The normalized spacial score (nSPS) is 10.9. The molecule has 6 nitrogen and oxygen atoms in total. The van der Waals surface area contributed by atoms with E-state index in [4.69, 9.17) is 8.83 Å². The van der Waals surface area contributed by atoms with Gasteiger partial charge in [0.1, 0.15) is 5.76 Å². The molecule has 10 heteroatoms. The van der Waals surface area contributed by atoms with E-state index < -0.39 is 29.0 Å². The van der Waals surface area contributed by atoms with E-state index in [0.717, 1.165) is 23.9 Å². The lowest BCUT2D eigenvalue weighted by molar-refractivity contribution is -0.113. The smallest absolute Gasteiger partial charge is 0.277 e. The second-order valence-electron chi connectivity index (χ2n) is 4.82. The highest BCUT2D eigenvalue weighted by Crippen LogP contribution is 2.26. The summed E-state index contributed by atoms with van der Waals surface area (Å²) in [6, 6.07) is 3.32. The van der Waals surface area contributed by atoms with Gasteiger partial charge < -0.3 is 14.2 Å². The molecular weight excluding hydrogens is 359 g/mol. The fraction of sp³-hybridized carbons (Fsp3) is 0.133. The van der Waals surface area contributed by atoms with Crippen LogP contribution in [-0.4, -0.2) is 21.9 Å². The number of aryl methyl sites for hydroxylation is 1. The molecule has 2 heterocycles. The van der Waals surface area contributed by atoms with E-state index in [1.165, 1.54) is 6.26 Å². The van der Waals surface area contributed by atoms with E-state index in [9.17, 15) is 18.0 Å². The number of benzene rings is 1. The number of thioether (sulfide) groups is 1. The van der Waals surface area contributed by atoms with Gasteiger partial charge in [0.15, 0.2) is 17.5 Å². The fourth-order valence-corrected chi connectivity index (χ4v) is 2.48. The molecule has 0 aliphatic heterocycles. The molecule has 130 valence electrons. The Balaban J connectivity index is 1.61. The first-order valence-electron chi connectivity index (χ1n) is 6.90. The second-order valence-corrected chi connectivity index (χ2v) is 5.75. The third-order valence-electron chi connectivity index (χ3n) is 3.13. The van der Waals surface area contributed by atoms with Crippen LogP contribution >= 0.6 is 11.8 Å². The van der Waals surface area contributed by atoms with Gasteiger partial charge in [-0.15, -0.1) is 10.2 Å². The summed E-state index contributed by atoms with van der Waals surface area (Å²) >= 11 is 0.912. The second kappa shape index (κ2) is 7.01. The van der Waals surface area contributed by atoms with Gasteiger partial charge in [-0.3, -0.25) is 4.79 Å². The quantitative estimate of drug-likeness (QED) is 0.544. The van der Waals surface area contributed by atoms with Crippen LogP contribution in [0, 0.1) is 24.4 Å². The summed E-state index contributed by atoms with van der Waals surface area (Å²) in [5.41, 5.74) is 0.178. The molecule has 0 radical (unpaired) electrons. The number of halogens is 3. The lowest BCUT2D eigenvalue weighted by Gasteiger charge is -2.06. The molecule has 0 fully saturated rings. The predicted molar refractivity (Wildman–Crippen MR) is 82.4 cm³/mol. The van der Waals surface area contributed by atoms with Gasteiger partial charge in [0, 0.05) is 0 Å². The molecule has 2 aromatic heterocycles. The van der Waals surface area contributed by atoms with E-state index in [1.54, 1.807) is 13.0 Å². The molecule has 0 spiro atoms. The molecule has 1 amide bonds. The number of anilines is 1. The third kappa shape index (κ3) is 3.68. The summed E-state index contributed by atoms with van der Waals surface area (Å²) in [4.78, 5) is 11.8. The van der Waals surface area contributed by atoms with Crippen molar-refractivity contribution in [2.45, 2.75) is 12.1 Å². The highest BCUT2D eigenvalue weighted by Gasteiger charge is 2.17. The molecule has 1 N–H and O–H groups in total. The van der Waals surface area contributed by atoms with Crippen LogP contribution in [0.4, 0.5) is 18.9 Å². The van der Waals surface area contributed by atoms with Crippen LogP contribution in [0.3, 0.4) is 0 Å². The molecule has 0 bridgehead atoms. The van der Waals surface area contributed by atoms with E-state index in [1.807, 2.05) is 0 Å². The Kier molecular flexibility index (Phi) is 4.79. The Bertz CT molecular complexity index is 926. The Hall–Kier alpha value is -2.75. The zero-order chi connectivity index (χ0) is 18.0. The van der Waals surface area contributed by atoms with Crippen molar-refractivity contribution in [1.29, 1.82) is 0 Å². The number of rotatable bonds is 5. The topological polar surface area (TPSA) is 81.2 Å². The highest BCUT2D eigenvalue weighted by molar-refractivity contribution is 7.99. The minimum Gasteiger partial charge on any atom is -0.469 e. The summed E-state index contributed by atoms with van der Waals surface area (Å²) in [5, 5.41) is 9.88. The zero-order valence-electron chi connectivity index (χ0n) is 12.7. The van der Waals surface area contributed by atoms with Gasteiger partial charge in [-0.2, -0.15) is 0 Å². The summed E-state index contributed by atoms with van der Waals surface area (Å²) < 4.78 is 50.0. The number of hydrogen-bond acceptors (Lipinski definition) is 6. The van der Waals surface area contributed by atoms with Gasteiger partial charge >= 0.3 is 0 Å². The van der Waals surface area contributed by atoms with Crippen LogP contribution in [-0.2, 0) is 4.79 Å². The zero-order valence-corrected chi connectivity index (χ0v) is 13.5. The van der Waals surface area contributed by atoms with Crippen molar-refractivity contribution in [3.63, 3.8) is 0 Å². The first-order valence-corrected chi connectivity index (χ1v) is 7.88. The van der Waals surface area contributed by atoms with Crippen LogP contribution in [0.2, 0.25) is 0 Å². The van der Waals surface area contributed by atoms with Crippen molar-refractivity contribution >= 4 is 23.4 Å². The number of amides is 1. The minimum atomic E-state index is -1.65. The van der Waals surface area contributed by atoms with E-state index in [0.29, 0.717) is 11.3 Å². The number of carbonyl (C=O) groups excluding carboxylic acids is 1. The monoisotopic (exact) mass is 369 g/mol. The fourth-order valence-electron chi connectivity index (χ4n) is 1.92. The van der Waals surface area contributed by atoms with Crippen molar-refractivity contribution in [2.24, 2.45) is 0 Å². The van der Waals surface area contributed by atoms with Crippen LogP contribution in [0.1, 0.15) is 5.76 Å². The summed E-state index contributed by atoms with van der Waals surface area (Å²) in [5.74, 6) is -4.44. The molecule has 3 aromatic rings. The largest absolute Gasteiger partial charge is 0.469 e. The molecule has 0 saturated carbocycles. The van der Waals surface area contributed by atoms with E-state index in [-0.39, 0.29) is 16.9 Å². The number of carbonyl (C=O) groups is 1. The van der Waals surface area contributed by atoms with Crippen molar-refractivity contribution in [3.8, 4) is 11.5 Å². The maximum atomic E-state index is 13.5. The van der Waals surface area contributed by atoms with Gasteiger partial charge in [-0.25, -0.2) is 13.2 Å². The van der Waals surface area contributed by atoms with Crippen molar-refractivity contribution < 1.29 is 26.8 Å². The molecular formula is C15H10F3N3O3S. The average Bonchev–Trinajstić information content (AvgIpc) is 3.22. The van der Waals surface area contributed by atoms with Gasteiger partial charge in [-0.1, -0.05) is 11.8 Å². The third-order valence-corrected chi connectivity index (χ3v) is 3.95. The Morgan fingerprint density at radius 1 is 1.20 bits per heavy atom. The summed E-state index contributed by atoms with van der Waals surface area (Å²) in [7, 11) is 0. The molecule has 1 aromatic carbocycles. The van der Waals surface area contributed by atoms with Crippen molar-refractivity contribution in [2.75, 3.05) is 11.1 Å². The van der Waals surface area contributed by atoms with E-state index in [2.05, 4.69) is 15.5 Å². The number of furan rings is 1. The van der Waals surface area contributed by atoms with Gasteiger partial charge in [0.05, 0.1) is 23.3 Å². The number of nitrogens with one attached hydrogen (secondary N) is 1. The maximum Gasteiger partial charge on any atom is 0.277 e. The SMILES string of the molecule is Cc1occc1-c1nnc(SCC(=O)Nc2ccc(F)c(F)c2F)o1. The lowest BCUT2D eigenvalue weighted by Crippen LogP contribution is -2.15. The van der Waals surface area contributed by atoms with Crippen molar-refractivity contribution in [1.82, 2.24) is 10.2 Å².